The highest BCUT2D eigenvalue weighted by Gasteiger charge is 2.33. The van der Waals surface area contributed by atoms with Gasteiger partial charge in [0.15, 0.2) is 5.84 Å². The summed E-state index contributed by atoms with van der Waals surface area (Å²) in [6.45, 7) is 0. The molecule has 29 heavy (non-hydrogen) atoms. The molecule has 1 amide bonds. The Labute approximate surface area is 172 Å². The van der Waals surface area contributed by atoms with Gasteiger partial charge in [0.1, 0.15) is 17.3 Å². The van der Waals surface area contributed by atoms with Gasteiger partial charge in [-0.05, 0) is 60.2 Å². The zero-order valence-electron chi connectivity index (χ0n) is 15.5. The molecule has 0 bridgehead atoms. The third-order valence-electron chi connectivity index (χ3n) is 4.47. The average Bonchev–Trinajstić information content (AvgIpc) is 3.06. The van der Waals surface area contributed by atoms with Crippen molar-refractivity contribution in [2.24, 2.45) is 4.99 Å². The first-order valence-electron chi connectivity index (χ1n) is 8.86. The van der Waals surface area contributed by atoms with Crippen LogP contribution in [0.3, 0.4) is 0 Å². The van der Waals surface area contributed by atoms with Crippen molar-refractivity contribution in [2.45, 2.75) is 0 Å². The molecule has 0 N–H and O–H groups in total. The van der Waals surface area contributed by atoms with E-state index in [1.54, 1.807) is 49.6 Å². The molecule has 1 aliphatic heterocycles. The molecule has 0 saturated carbocycles. The van der Waals surface area contributed by atoms with Gasteiger partial charge in [-0.1, -0.05) is 35.9 Å². The van der Waals surface area contributed by atoms with Crippen LogP contribution in [-0.4, -0.2) is 18.9 Å². The van der Waals surface area contributed by atoms with Gasteiger partial charge in [0, 0.05) is 5.02 Å². The van der Waals surface area contributed by atoms with E-state index in [4.69, 9.17) is 16.3 Å². The molecular weight excluding hydrogens is 391 g/mol. The van der Waals surface area contributed by atoms with E-state index < -0.39 is 0 Å². The molecule has 0 atom stereocenters. The monoisotopic (exact) mass is 406 g/mol. The molecule has 0 fully saturated rings. The number of carbonyl (C=O) groups excluding carboxylic acids is 1. The SMILES string of the molecule is COc1ccccc1C1=N/C(=C/c2ccc(F)cc2)C(=O)N1c1ccc(Cl)cc1. The van der Waals surface area contributed by atoms with E-state index in [1.807, 2.05) is 24.3 Å². The van der Waals surface area contributed by atoms with Crippen LogP contribution >= 0.6 is 11.6 Å². The number of rotatable bonds is 4. The summed E-state index contributed by atoms with van der Waals surface area (Å²) < 4.78 is 18.7. The number of amides is 1. The molecule has 1 heterocycles. The smallest absolute Gasteiger partial charge is 0.282 e. The summed E-state index contributed by atoms with van der Waals surface area (Å²) in [5.41, 5.74) is 2.23. The lowest BCUT2D eigenvalue weighted by atomic mass is 10.1. The maximum absolute atomic E-state index is 13.2. The number of anilines is 1. The first-order valence-corrected chi connectivity index (χ1v) is 9.24. The fourth-order valence-electron chi connectivity index (χ4n) is 3.07. The van der Waals surface area contributed by atoms with Crippen molar-refractivity contribution in [2.75, 3.05) is 12.0 Å². The minimum atomic E-state index is -0.342. The standard InChI is InChI=1S/C23H16ClFN2O2/c1-29-21-5-3-2-4-19(21)22-26-20(14-15-6-10-17(25)11-7-15)23(28)27(22)18-12-8-16(24)9-13-18/h2-14H,1H3/b20-14+. The summed E-state index contributed by atoms with van der Waals surface area (Å²) in [6.07, 6.45) is 1.63. The average molecular weight is 407 g/mol. The van der Waals surface area contributed by atoms with Crippen molar-refractivity contribution < 1.29 is 13.9 Å². The van der Waals surface area contributed by atoms with Gasteiger partial charge in [-0.25, -0.2) is 9.38 Å². The fourth-order valence-corrected chi connectivity index (χ4v) is 3.20. The van der Waals surface area contributed by atoms with Crippen LogP contribution in [0.15, 0.2) is 83.5 Å². The minimum absolute atomic E-state index is 0.243. The summed E-state index contributed by atoms with van der Waals surface area (Å²) in [7, 11) is 1.57. The van der Waals surface area contributed by atoms with Crippen LogP contribution in [0.2, 0.25) is 5.02 Å². The minimum Gasteiger partial charge on any atom is -0.496 e. The number of halogens is 2. The largest absolute Gasteiger partial charge is 0.496 e. The van der Waals surface area contributed by atoms with E-state index in [0.29, 0.717) is 33.4 Å². The van der Waals surface area contributed by atoms with Crippen LogP contribution in [0.5, 0.6) is 5.75 Å². The zero-order chi connectivity index (χ0) is 20.4. The van der Waals surface area contributed by atoms with Gasteiger partial charge in [-0.2, -0.15) is 0 Å². The van der Waals surface area contributed by atoms with Gasteiger partial charge in [0.25, 0.3) is 5.91 Å². The van der Waals surface area contributed by atoms with Crippen LogP contribution in [0.1, 0.15) is 11.1 Å². The Morgan fingerprint density at radius 3 is 2.38 bits per heavy atom. The van der Waals surface area contributed by atoms with E-state index >= 15 is 0 Å². The van der Waals surface area contributed by atoms with Crippen LogP contribution < -0.4 is 9.64 Å². The van der Waals surface area contributed by atoms with Gasteiger partial charge >= 0.3 is 0 Å². The second-order valence-electron chi connectivity index (χ2n) is 6.33. The predicted molar refractivity (Wildman–Crippen MR) is 113 cm³/mol. The van der Waals surface area contributed by atoms with Crippen LogP contribution in [-0.2, 0) is 4.79 Å². The Hall–Kier alpha value is -3.44. The molecule has 0 aromatic heterocycles. The molecule has 0 radical (unpaired) electrons. The van der Waals surface area contributed by atoms with Crippen molar-refractivity contribution >= 4 is 35.1 Å². The Kier molecular flexibility index (Phi) is 5.14. The molecule has 4 nitrogen and oxygen atoms in total. The van der Waals surface area contributed by atoms with E-state index in [2.05, 4.69) is 4.99 Å². The van der Waals surface area contributed by atoms with Gasteiger partial charge in [0.05, 0.1) is 18.4 Å². The number of hydrogen-bond donors (Lipinski definition) is 0. The van der Waals surface area contributed by atoms with Gasteiger partial charge < -0.3 is 4.74 Å². The Morgan fingerprint density at radius 1 is 1.00 bits per heavy atom. The highest BCUT2D eigenvalue weighted by atomic mass is 35.5. The summed E-state index contributed by atoms with van der Waals surface area (Å²) in [6, 6.07) is 20.2. The van der Waals surface area contributed by atoms with Crippen molar-refractivity contribution in [3.8, 4) is 5.75 Å². The zero-order valence-corrected chi connectivity index (χ0v) is 16.2. The first kappa shape index (κ1) is 18.9. The quantitative estimate of drug-likeness (QED) is 0.550. The lowest BCUT2D eigenvalue weighted by Crippen LogP contribution is -2.32. The maximum atomic E-state index is 13.2. The van der Waals surface area contributed by atoms with Crippen LogP contribution in [0, 0.1) is 5.82 Å². The van der Waals surface area contributed by atoms with Crippen molar-refractivity contribution in [3.63, 3.8) is 0 Å². The molecule has 0 spiro atoms. The summed E-state index contributed by atoms with van der Waals surface area (Å²) >= 11 is 6.01. The van der Waals surface area contributed by atoms with E-state index in [0.717, 1.165) is 0 Å². The maximum Gasteiger partial charge on any atom is 0.282 e. The first-order chi connectivity index (χ1) is 14.1. The van der Waals surface area contributed by atoms with Crippen LogP contribution in [0.4, 0.5) is 10.1 Å². The highest BCUT2D eigenvalue weighted by Crippen LogP contribution is 2.31. The summed E-state index contributed by atoms with van der Waals surface area (Å²) in [5.74, 6) is 0.410. The Balaban J connectivity index is 1.85. The number of nitrogens with zero attached hydrogens (tertiary/aromatic N) is 2. The summed E-state index contributed by atoms with van der Waals surface area (Å²) in [4.78, 5) is 19.4. The molecule has 144 valence electrons. The molecule has 3 aromatic rings. The molecule has 0 unspecified atom stereocenters. The normalized spacial score (nSPS) is 15.0. The molecule has 3 aromatic carbocycles. The lowest BCUT2D eigenvalue weighted by molar-refractivity contribution is -0.113. The molecule has 6 heteroatoms. The molecular formula is C23H16ClFN2O2. The second-order valence-corrected chi connectivity index (χ2v) is 6.77. The lowest BCUT2D eigenvalue weighted by Gasteiger charge is -2.20. The second kappa shape index (κ2) is 7.89. The summed E-state index contributed by atoms with van der Waals surface area (Å²) in [5, 5.41) is 0.568. The van der Waals surface area contributed by atoms with Gasteiger partial charge in [-0.3, -0.25) is 9.69 Å². The van der Waals surface area contributed by atoms with E-state index in [-0.39, 0.29) is 17.4 Å². The number of benzene rings is 3. The van der Waals surface area contributed by atoms with Crippen LogP contribution in [0.25, 0.3) is 6.08 Å². The number of amidine groups is 1. The van der Waals surface area contributed by atoms with Gasteiger partial charge in [-0.15, -0.1) is 0 Å². The third-order valence-corrected chi connectivity index (χ3v) is 4.72. The number of ether oxygens (including phenoxy) is 1. The van der Waals surface area contributed by atoms with Crippen molar-refractivity contribution in [1.29, 1.82) is 0 Å². The van der Waals surface area contributed by atoms with E-state index in [1.165, 1.54) is 17.0 Å². The van der Waals surface area contributed by atoms with Crippen molar-refractivity contribution in [3.05, 3.63) is 100 Å². The fraction of sp³-hybridized carbons (Fsp3) is 0.0435. The molecule has 0 saturated heterocycles. The number of aliphatic imine (C=N–C) groups is 1. The third kappa shape index (κ3) is 3.77. The van der Waals surface area contributed by atoms with Gasteiger partial charge in [0.2, 0.25) is 0 Å². The number of methoxy groups -OCH3 is 1. The number of hydrogen-bond acceptors (Lipinski definition) is 3. The highest BCUT2D eigenvalue weighted by molar-refractivity contribution is 6.34. The predicted octanol–water partition coefficient (Wildman–Crippen LogP) is 5.32. The molecule has 0 aliphatic carbocycles. The van der Waals surface area contributed by atoms with E-state index in [9.17, 15) is 9.18 Å². The Morgan fingerprint density at radius 2 is 1.69 bits per heavy atom. The molecule has 1 aliphatic rings. The molecule has 4 rings (SSSR count). The number of carbonyl (C=O) groups is 1. The topological polar surface area (TPSA) is 41.9 Å². The number of para-hydroxylation sites is 1. The van der Waals surface area contributed by atoms with Crippen molar-refractivity contribution in [1.82, 2.24) is 0 Å². The Bertz CT molecular complexity index is 1120.